The van der Waals surface area contributed by atoms with Crippen LogP contribution in [0.5, 0.6) is 23.3 Å². The summed E-state index contributed by atoms with van der Waals surface area (Å²) < 4.78 is 24.9. The van der Waals surface area contributed by atoms with Crippen molar-refractivity contribution in [1.82, 2.24) is 49.7 Å². The van der Waals surface area contributed by atoms with Gasteiger partial charge in [-0.2, -0.15) is 20.7 Å². The number of carbonyl (C=O) groups excluding carboxylic acids is 1. The van der Waals surface area contributed by atoms with Gasteiger partial charge in [-0.1, -0.05) is 6.07 Å². The summed E-state index contributed by atoms with van der Waals surface area (Å²) in [5.41, 5.74) is 7.53. The van der Waals surface area contributed by atoms with Crippen LogP contribution in [-0.2, 0) is 20.6 Å². The molecule has 6 aliphatic rings. The summed E-state index contributed by atoms with van der Waals surface area (Å²) >= 11 is 0. The highest BCUT2D eigenvalue weighted by Gasteiger charge is 2.45. The van der Waals surface area contributed by atoms with Gasteiger partial charge in [0.2, 0.25) is 11.8 Å². The van der Waals surface area contributed by atoms with Crippen molar-refractivity contribution in [1.29, 1.82) is 10.5 Å². The number of aromatic nitrogens is 8. The average Bonchev–Trinajstić information content (AvgIpc) is 4.14. The van der Waals surface area contributed by atoms with Crippen molar-refractivity contribution >= 4 is 39.7 Å². The summed E-state index contributed by atoms with van der Waals surface area (Å²) in [6.45, 7) is 8.45. The SMILES string of the molecule is COc1ccc(C=O)cn1.COc1ccc(CN2C3CC2CN(c2ccc(-c4cc(OC[C@@H](C)O)cc5c4c(C#N)nn5C)cn2)C3)cn1.C[C@@H](O)COc1cc(-c2ccc(N3CC4CC(C3)N4)nc2)c2c(C#N)nn(C)c2c1. The van der Waals surface area contributed by atoms with Gasteiger partial charge in [0, 0.05) is 148 Å². The summed E-state index contributed by atoms with van der Waals surface area (Å²) in [7, 11) is 6.78. The zero-order valence-electron chi connectivity index (χ0n) is 44.9. The Morgan fingerprint density at radius 2 is 1.15 bits per heavy atom. The van der Waals surface area contributed by atoms with Crippen LogP contribution in [0.4, 0.5) is 11.6 Å². The number of aliphatic hydroxyl groups is 2. The van der Waals surface area contributed by atoms with E-state index in [-0.39, 0.29) is 13.2 Å². The fraction of sp³-hybridized carbons (Fsp3) is 0.362. The van der Waals surface area contributed by atoms with Gasteiger partial charge in [0.05, 0.1) is 37.5 Å². The van der Waals surface area contributed by atoms with Crippen molar-refractivity contribution in [2.75, 3.05) is 63.4 Å². The minimum absolute atomic E-state index is 0.175. The van der Waals surface area contributed by atoms with Crippen LogP contribution in [0, 0.1) is 22.7 Å². The molecule has 3 N–H and O–H groups in total. The molecule has 0 spiro atoms. The van der Waals surface area contributed by atoms with E-state index in [2.05, 4.69) is 64.5 Å². The summed E-state index contributed by atoms with van der Waals surface area (Å²) in [5, 5.41) is 52.4. The smallest absolute Gasteiger partial charge is 0.212 e. The lowest BCUT2D eigenvalue weighted by atomic mass is 9.87. The predicted octanol–water partition coefficient (Wildman–Crippen LogP) is 5.85. The number of pyridine rings is 4. The van der Waals surface area contributed by atoms with Gasteiger partial charge in [-0.05, 0) is 85.8 Å². The summed E-state index contributed by atoms with van der Waals surface area (Å²) in [6, 6.07) is 29.5. The van der Waals surface area contributed by atoms with E-state index in [0.29, 0.717) is 64.4 Å². The van der Waals surface area contributed by atoms with Crippen LogP contribution in [0.2, 0.25) is 0 Å². The molecular weight excluding hydrogens is 1000 g/mol. The van der Waals surface area contributed by atoms with E-state index in [1.54, 1.807) is 42.5 Å². The lowest BCUT2D eigenvalue weighted by Gasteiger charge is -2.56. The van der Waals surface area contributed by atoms with Crippen molar-refractivity contribution in [3.05, 3.63) is 120 Å². The number of methoxy groups -OCH3 is 2. The van der Waals surface area contributed by atoms with Gasteiger partial charge in [-0.3, -0.25) is 19.1 Å². The van der Waals surface area contributed by atoms with Gasteiger partial charge < -0.3 is 44.3 Å². The maximum atomic E-state index is 10.1. The number of aliphatic hydroxyl groups excluding tert-OH is 2. The van der Waals surface area contributed by atoms with Crippen molar-refractivity contribution in [2.24, 2.45) is 14.1 Å². The number of hydrogen-bond donors (Lipinski definition) is 3. The van der Waals surface area contributed by atoms with Crippen molar-refractivity contribution in [3.63, 3.8) is 0 Å². The highest BCUT2D eigenvalue weighted by Crippen LogP contribution is 2.39. The highest BCUT2D eigenvalue weighted by molar-refractivity contribution is 6.00. The minimum atomic E-state index is -0.592. The number of rotatable bonds is 15. The third kappa shape index (κ3) is 11.8. The number of hydrogen-bond acceptors (Lipinski definition) is 19. The highest BCUT2D eigenvalue weighted by atomic mass is 16.5. The predicted molar refractivity (Wildman–Crippen MR) is 296 cm³/mol. The van der Waals surface area contributed by atoms with Crippen LogP contribution in [0.15, 0.2) is 97.6 Å². The second-order valence-electron chi connectivity index (χ2n) is 20.3. The molecule has 6 fully saturated rings. The molecule has 0 saturated carbocycles. The molecule has 0 radical (unpaired) electrons. The molecule has 6 saturated heterocycles. The molecule has 12 heterocycles. The molecule has 21 heteroatoms. The minimum Gasteiger partial charge on any atom is -0.491 e. The third-order valence-electron chi connectivity index (χ3n) is 14.6. The van der Waals surface area contributed by atoms with Gasteiger partial charge in [0.25, 0.3) is 0 Å². The number of piperazine rings is 2. The number of fused-ring (bicyclic) bond motifs is 6. The lowest BCUT2D eigenvalue weighted by Crippen LogP contribution is -2.68. The quantitative estimate of drug-likeness (QED) is 0.102. The summed E-state index contributed by atoms with van der Waals surface area (Å²) in [5.74, 6) is 4.31. The Balaban J connectivity index is 0.000000155. The van der Waals surface area contributed by atoms with Crippen LogP contribution in [0.25, 0.3) is 44.1 Å². The Hall–Kier alpha value is -8.73. The van der Waals surface area contributed by atoms with Crippen LogP contribution >= 0.6 is 0 Å². The Morgan fingerprint density at radius 3 is 1.56 bits per heavy atom. The molecular formula is C58H62N14O7. The second-order valence-corrected chi connectivity index (χ2v) is 20.3. The first kappa shape index (κ1) is 53.7. The van der Waals surface area contributed by atoms with E-state index in [0.717, 1.165) is 94.7 Å². The van der Waals surface area contributed by atoms with Crippen molar-refractivity contribution < 1.29 is 34.0 Å². The third-order valence-corrected chi connectivity index (χ3v) is 14.6. The number of nitrogens with zero attached hydrogens (tertiary/aromatic N) is 13. The van der Waals surface area contributed by atoms with Gasteiger partial charge in [-0.15, -0.1) is 0 Å². The Morgan fingerprint density at radius 1 is 0.658 bits per heavy atom. The molecule has 6 atom stereocenters. The molecule has 4 bridgehead atoms. The van der Waals surface area contributed by atoms with E-state index in [9.17, 15) is 25.5 Å². The molecule has 14 rings (SSSR count). The first-order chi connectivity index (χ1) is 38.3. The van der Waals surface area contributed by atoms with Gasteiger partial charge >= 0.3 is 0 Å². The Labute approximate surface area is 457 Å². The molecule has 8 aromatic rings. The number of aryl methyl sites for hydroxylation is 2. The molecule has 6 aromatic heterocycles. The number of ether oxygens (including phenoxy) is 4. The number of benzene rings is 2. The molecule has 79 heavy (non-hydrogen) atoms. The number of nitriles is 2. The van der Waals surface area contributed by atoms with Crippen LogP contribution in [-0.4, -0.2) is 151 Å². The molecule has 0 aliphatic carbocycles. The fourth-order valence-electron chi connectivity index (χ4n) is 10.6. The molecule has 406 valence electrons. The molecule has 6 aliphatic heterocycles. The Bertz CT molecular complexity index is 3490. The first-order valence-corrected chi connectivity index (χ1v) is 26.1. The van der Waals surface area contributed by atoms with E-state index in [4.69, 9.17) is 28.9 Å². The zero-order valence-corrected chi connectivity index (χ0v) is 44.9. The van der Waals surface area contributed by atoms with E-state index in [1.807, 2.05) is 81.2 Å². The lowest BCUT2D eigenvalue weighted by molar-refractivity contribution is -0.00876. The first-order valence-electron chi connectivity index (χ1n) is 26.1. The number of carbonyl (C=O) groups is 1. The number of nitrogens with one attached hydrogen (secondary N) is 1. The number of aldehydes is 1. The second kappa shape index (κ2) is 23.5. The normalized spacial score (nSPS) is 18.8. The van der Waals surface area contributed by atoms with Crippen molar-refractivity contribution in [3.8, 4) is 57.7 Å². The fourth-order valence-corrected chi connectivity index (χ4v) is 10.6. The summed E-state index contributed by atoms with van der Waals surface area (Å²) in [4.78, 5) is 35.0. The standard InChI is InChI=1S/C29H31N7O3.C22H24N6O2.C7H7NO2/c1-18(37)17-39-23-9-24(29-25(11-30)33-34(2)26(29)10-23)20-5-6-27(31-13-20)35-15-21-8-22(16-35)36(21)14-19-4-7-28(38-3)32-12-19;1-13(29)12-30-17-6-18(22-19(8-23)26-27(2)20(22)7-17)14-3-4-21(24-9-14)28-10-15-5-16(11-28)25-15;1-10-7-3-2-6(5-9)4-8-7/h4-7,9-10,12-13,18,21-22,37H,8,14-17H2,1-3H3;3-4,6-7,9,13,15-16,25,29H,5,10-12H2,1-2H3;2-5H,1H3/t18-,21?,22?;13-,15?,16?;/m11./s1. The zero-order chi connectivity index (χ0) is 55.3. The summed E-state index contributed by atoms with van der Waals surface area (Å²) in [6.07, 6.45) is 9.10. The number of anilines is 2. The van der Waals surface area contributed by atoms with Crippen LogP contribution in [0.1, 0.15) is 54.0 Å². The maximum absolute atomic E-state index is 10.1. The van der Waals surface area contributed by atoms with E-state index < -0.39 is 12.2 Å². The molecule has 0 amide bonds. The Kier molecular flexibility index (Phi) is 15.9. The molecule has 2 aromatic carbocycles. The monoisotopic (exact) mass is 1070 g/mol. The van der Waals surface area contributed by atoms with Crippen LogP contribution < -0.4 is 34.1 Å². The van der Waals surface area contributed by atoms with Crippen molar-refractivity contribution in [2.45, 2.75) is 69.6 Å². The largest absolute Gasteiger partial charge is 0.491 e. The van der Waals surface area contributed by atoms with Crippen LogP contribution in [0.3, 0.4) is 0 Å². The van der Waals surface area contributed by atoms with E-state index >= 15 is 0 Å². The number of piperidine rings is 2. The van der Waals surface area contributed by atoms with Gasteiger partial charge in [0.1, 0.15) is 48.5 Å². The van der Waals surface area contributed by atoms with E-state index in [1.165, 1.54) is 31.7 Å². The molecule has 4 unspecified atom stereocenters. The average molecular weight is 1070 g/mol. The molecule has 21 nitrogen and oxygen atoms in total. The maximum Gasteiger partial charge on any atom is 0.212 e. The topological polar surface area (TPSA) is 251 Å². The van der Waals surface area contributed by atoms with Gasteiger partial charge in [0.15, 0.2) is 17.7 Å². The van der Waals surface area contributed by atoms with Gasteiger partial charge in [-0.25, -0.2) is 19.9 Å².